The average molecular weight is 379 g/mol. The number of hydrogen-bond donors (Lipinski definition) is 1. The van der Waals surface area contributed by atoms with Crippen molar-refractivity contribution in [2.45, 2.75) is 11.8 Å². The van der Waals surface area contributed by atoms with E-state index < -0.39 is 35.7 Å². The van der Waals surface area contributed by atoms with Crippen LogP contribution < -0.4 is 5.32 Å². The Morgan fingerprint density at radius 1 is 1.38 bits per heavy atom. The lowest BCUT2D eigenvalue weighted by atomic mass is 10.2. The molecule has 0 atom stereocenters. The van der Waals surface area contributed by atoms with Crippen LogP contribution in [0.3, 0.4) is 0 Å². The third-order valence-corrected chi connectivity index (χ3v) is 4.69. The summed E-state index contributed by atoms with van der Waals surface area (Å²) in [5.74, 6) is -1.88. The van der Waals surface area contributed by atoms with Crippen molar-refractivity contribution >= 4 is 48.8 Å². The maximum absolute atomic E-state index is 13.6. The monoisotopic (exact) mass is 377 g/mol. The van der Waals surface area contributed by atoms with Crippen LogP contribution in [0.5, 0.6) is 0 Å². The van der Waals surface area contributed by atoms with Crippen molar-refractivity contribution in [2.75, 3.05) is 19.8 Å². The van der Waals surface area contributed by atoms with Gasteiger partial charge in [-0.25, -0.2) is 12.8 Å². The van der Waals surface area contributed by atoms with Gasteiger partial charge in [-0.1, -0.05) is 23.2 Å². The molecule has 0 aromatic heterocycles. The number of carbonyl (C=O) groups is 1. The Bertz CT molecular complexity index is 651. The van der Waals surface area contributed by atoms with Crippen molar-refractivity contribution in [3.8, 4) is 0 Å². The van der Waals surface area contributed by atoms with Crippen LogP contribution in [0.15, 0.2) is 11.0 Å². The molecule has 0 aliphatic heterocycles. The van der Waals surface area contributed by atoms with E-state index in [1.807, 2.05) is 0 Å². The van der Waals surface area contributed by atoms with E-state index in [1.165, 1.54) is 0 Å². The highest BCUT2D eigenvalue weighted by molar-refractivity contribution is 8.14. The number of amides is 1. The van der Waals surface area contributed by atoms with Gasteiger partial charge < -0.3 is 10.1 Å². The van der Waals surface area contributed by atoms with E-state index in [-0.39, 0.29) is 18.7 Å². The maximum atomic E-state index is 13.6. The molecule has 0 heterocycles. The summed E-state index contributed by atoms with van der Waals surface area (Å²) >= 11 is 11.3. The first-order valence-electron chi connectivity index (χ1n) is 5.68. The van der Waals surface area contributed by atoms with Crippen molar-refractivity contribution in [1.29, 1.82) is 0 Å². The van der Waals surface area contributed by atoms with E-state index in [0.29, 0.717) is 6.61 Å². The van der Waals surface area contributed by atoms with Gasteiger partial charge in [-0.05, 0) is 13.0 Å². The zero-order chi connectivity index (χ0) is 16.2. The molecule has 1 aromatic rings. The van der Waals surface area contributed by atoms with E-state index in [2.05, 4.69) is 5.32 Å². The van der Waals surface area contributed by atoms with Crippen LogP contribution in [0.4, 0.5) is 4.39 Å². The van der Waals surface area contributed by atoms with Crippen LogP contribution in [0.1, 0.15) is 17.3 Å². The standard InChI is InChI=1S/C11H11Cl3FNO4S/c1-2-20-4-3-16-11(17)6-5-7(15)9(13)10(8(6)12)21(14,18)19/h5H,2-4H2,1H3,(H,16,17). The average Bonchev–Trinajstić information content (AvgIpc) is 2.37. The van der Waals surface area contributed by atoms with Crippen molar-refractivity contribution in [3.63, 3.8) is 0 Å². The normalized spacial score (nSPS) is 11.5. The lowest BCUT2D eigenvalue weighted by Crippen LogP contribution is -2.28. The summed E-state index contributed by atoms with van der Waals surface area (Å²) in [4.78, 5) is 11.0. The molecule has 0 unspecified atom stereocenters. The van der Waals surface area contributed by atoms with Crippen LogP contribution in [0, 0.1) is 5.82 Å². The van der Waals surface area contributed by atoms with Crippen LogP contribution in [0.2, 0.25) is 10.0 Å². The molecule has 0 bridgehead atoms. The van der Waals surface area contributed by atoms with Crippen molar-refractivity contribution in [3.05, 3.63) is 27.5 Å². The third-order valence-electron chi connectivity index (χ3n) is 2.34. The highest BCUT2D eigenvalue weighted by atomic mass is 35.7. The number of carbonyl (C=O) groups excluding carboxylic acids is 1. The van der Waals surface area contributed by atoms with Gasteiger partial charge in [-0.3, -0.25) is 4.79 Å². The van der Waals surface area contributed by atoms with Gasteiger partial charge in [-0.15, -0.1) is 0 Å². The van der Waals surface area contributed by atoms with Crippen LogP contribution in [-0.4, -0.2) is 34.1 Å². The summed E-state index contributed by atoms with van der Waals surface area (Å²) in [6.45, 7) is 2.65. The zero-order valence-corrected chi connectivity index (χ0v) is 13.8. The molecule has 1 N–H and O–H groups in total. The molecule has 0 aliphatic carbocycles. The fraction of sp³-hybridized carbons (Fsp3) is 0.364. The van der Waals surface area contributed by atoms with Crippen molar-refractivity contribution < 1.29 is 22.3 Å². The van der Waals surface area contributed by atoms with Gasteiger partial charge >= 0.3 is 0 Å². The minimum Gasteiger partial charge on any atom is -0.380 e. The highest BCUT2D eigenvalue weighted by Gasteiger charge is 2.27. The molecule has 1 amide bonds. The summed E-state index contributed by atoms with van der Waals surface area (Å²) in [5, 5.41) is 1.10. The summed E-state index contributed by atoms with van der Waals surface area (Å²) in [6, 6.07) is 0.742. The second kappa shape index (κ2) is 7.60. The molecule has 0 saturated carbocycles. The Hall–Kier alpha value is -0.600. The van der Waals surface area contributed by atoms with Crippen LogP contribution >= 0.6 is 33.9 Å². The zero-order valence-electron chi connectivity index (χ0n) is 10.8. The maximum Gasteiger partial charge on any atom is 0.264 e. The first-order valence-corrected chi connectivity index (χ1v) is 8.74. The molecule has 0 spiro atoms. The first kappa shape index (κ1) is 18.4. The molecule has 0 aliphatic rings. The topological polar surface area (TPSA) is 72.5 Å². The summed E-state index contributed by atoms with van der Waals surface area (Å²) in [6.07, 6.45) is 0. The van der Waals surface area contributed by atoms with Gasteiger partial charge in [0.2, 0.25) is 0 Å². The fourth-order valence-electron chi connectivity index (χ4n) is 1.44. The Morgan fingerprint density at radius 3 is 2.52 bits per heavy atom. The van der Waals surface area contributed by atoms with Gasteiger partial charge in [0.05, 0.1) is 22.2 Å². The number of rotatable bonds is 6. The van der Waals surface area contributed by atoms with Gasteiger partial charge in [0.1, 0.15) is 10.7 Å². The summed E-state index contributed by atoms with van der Waals surface area (Å²) < 4.78 is 41.4. The SMILES string of the molecule is CCOCCNC(=O)c1cc(F)c(Cl)c(S(=O)(=O)Cl)c1Cl. The van der Waals surface area contributed by atoms with Crippen LogP contribution in [0.25, 0.3) is 0 Å². The first-order chi connectivity index (χ1) is 9.70. The van der Waals surface area contributed by atoms with E-state index >= 15 is 0 Å². The molecular formula is C11H11Cl3FNO4S. The number of hydrogen-bond acceptors (Lipinski definition) is 4. The molecule has 10 heteroatoms. The number of nitrogens with one attached hydrogen (secondary N) is 1. The molecule has 1 rings (SSSR count). The van der Waals surface area contributed by atoms with E-state index in [0.717, 1.165) is 6.07 Å². The van der Waals surface area contributed by atoms with E-state index in [1.54, 1.807) is 6.92 Å². The molecular weight excluding hydrogens is 368 g/mol. The summed E-state index contributed by atoms with van der Waals surface area (Å²) in [7, 11) is 0.740. The predicted molar refractivity (Wildman–Crippen MR) is 78.3 cm³/mol. The molecule has 118 valence electrons. The summed E-state index contributed by atoms with van der Waals surface area (Å²) in [5.41, 5.74) is -0.380. The highest BCUT2D eigenvalue weighted by Crippen LogP contribution is 2.36. The van der Waals surface area contributed by atoms with Gasteiger partial charge in [0.15, 0.2) is 0 Å². The molecule has 0 fully saturated rings. The molecule has 21 heavy (non-hydrogen) atoms. The van der Waals surface area contributed by atoms with E-state index in [9.17, 15) is 17.6 Å². The molecule has 5 nitrogen and oxygen atoms in total. The minimum absolute atomic E-state index is 0.149. The van der Waals surface area contributed by atoms with Crippen molar-refractivity contribution in [1.82, 2.24) is 5.32 Å². The number of benzene rings is 1. The second-order valence-corrected chi connectivity index (χ2v) is 7.01. The fourth-order valence-corrected chi connectivity index (χ4v) is 3.81. The molecule has 0 saturated heterocycles. The number of ether oxygens (including phenoxy) is 1. The molecule has 0 radical (unpaired) electrons. The smallest absolute Gasteiger partial charge is 0.264 e. The Kier molecular flexibility index (Phi) is 6.68. The Balaban J connectivity index is 3.15. The van der Waals surface area contributed by atoms with Crippen LogP contribution in [-0.2, 0) is 13.8 Å². The lowest BCUT2D eigenvalue weighted by Gasteiger charge is -2.11. The van der Waals surface area contributed by atoms with Gasteiger partial charge in [0.25, 0.3) is 15.0 Å². The Labute approximate surface area is 135 Å². The lowest BCUT2D eigenvalue weighted by molar-refractivity contribution is 0.0922. The van der Waals surface area contributed by atoms with Crippen molar-refractivity contribution in [2.24, 2.45) is 0 Å². The quantitative estimate of drug-likeness (QED) is 0.469. The Morgan fingerprint density at radius 2 is 2.00 bits per heavy atom. The van der Waals surface area contributed by atoms with Gasteiger partial charge in [0, 0.05) is 23.8 Å². The van der Waals surface area contributed by atoms with E-state index in [4.69, 9.17) is 38.6 Å². The third kappa shape index (κ3) is 4.69. The van der Waals surface area contributed by atoms with Gasteiger partial charge in [-0.2, -0.15) is 0 Å². The largest absolute Gasteiger partial charge is 0.380 e. The second-order valence-electron chi connectivity index (χ2n) is 3.75. The predicted octanol–water partition coefficient (Wildman–Crippen LogP) is 2.83. The number of halogens is 4. The minimum atomic E-state index is -4.41. The molecule has 1 aromatic carbocycles.